The van der Waals surface area contributed by atoms with Crippen LogP contribution < -0.4 is 4.90 Å². The quantitative estimate of drug-likeness (QED) is 0.731. The van der Waals surface area contributed by atoms with Gasteiger partial charge in [0.25, 0.3) is 5.78 Å². The Hall–Kier alpha value is -2.48. The molecule has 0 aliphatic carbocycles. The van der Waals surface area contributed by atoms with E-state index in [2.05, 4.69) is 15.1 Å². The molecule has 0 bridgehead atoms. The predicted octanol–water partition coefficient (Wildman–Crippen LogP) is 2.55. The SMILES string of the molecule is O=C1[C@H](Sc2nc3ncccn3n2)CCCN1c1cccc(F)c1. The summed E-state index contributed by atoms with van der Waals surface area (Å²) >= 11 is 1.33. The second-order valence-corrected chi connectivity index (χ2v) is 6.65. The predicted molar refractivity (Wildman–Crippen MR) is 88.4 cm³/mol. The molecule has 1 aromatic carbocycles. The number of nitrogens with zero attached hydrogens (tertiary/aromatic N) is 5. The number of hydrogen-bond donors (Lipinski definition) is 0. The molecule has 2 aromatic heterocycles. The van der Waals surface area contributed by atoms with Crippen LogP contribution in [0.3, 0.4) is 0 Å². The van der Waals surface area contributed by atoms with Crippen LogP contribution in [-0.2, 0) is 4.79 Å². The summed E-state index contributed by atoms with van der Waals surface area (Å²) in [6.45, 7) is 0.597. The van der Waals surface area contributed by atoms with E-state index in [1.807, 2.05) is 0 Å². The molecule has 1 fully saturated rings. The maximum absolute atomic E-state index is 13.4. The lowest BCUT2D eigenvalue weighted by Crippen LogP contribution is -2.43. The van der Waals surface area contributed by atoms with Gasteiger partial charge in [-0.2, -0.15) is 4.98 Å². The molecule has 0 radical (unpaired) electrons. The van der Waals surface area contributed by atoms with E-state index >= 15 is 0 Å². The third-order valence-electron chi connectivity index (χ3n) is 3.85. The van der Waals surface area contributed by atoms with Crippen molar-refractivity contribution in [2.24, 2.45) is 0 Å². The van der Waals surface area contributed by atoms with Gasteiger partial charge in [-0.05, 0) is 37.1 Å². The molecule has 8 heteroatoms. The molecule has 0 spiro atoms. The summed E-state index contributed by atoms with van der Waals surface area (Å²) in [5, 5.41) is 4.57. The van der Waals surface area contributed by atoms with E-state index in [0.29, 0.717) is 23.2 Å². The van der Waals surface area contributed by atoms with Crippen molar-refractivity contribution in [1.82, 2.24) is 19.6 Å². The van der Waals surface area contributed by atoms with E-state index in [-0.39, 0.29) is 17.0 Å². The minimum absolute atomic E-state index is 0.0383. The molecule has 1 aliphatic heterocycles. The number of rotatable bonds is 3. The Morgan fingerprint density at radius 1 is 1.29 bits per heavy atom. The van der Waals surface area contributed by atoms with Gasteiger partial charge in [-0.25, -0.2) is 13.9 Å². The maximum atomic E-state index is 13.4. The van der Waals surface area contributed by atoms with Crippen LogP contribution >= 0.6 is 11.8 Å². The van der Waals surface area contributed by atoms with Crippen molar-refractivity contribution in [3.05, 3.63) is 48.5 Å². The summed E-state index contributed by atoms with van der Waals surface area (Å²) in [5.41, 5.74) is 0.593. The minimum atomic E-state index is -0.344. The Balaban J connectivity index is 1.56. The van der Waals surface area contributed by atoms with Crippen LogP contribution in [-0.4, -0.2) is 37.3 Å². The summed E-state index contributed by atoms with van der Waals surface area (Å²) in [6.07, 6.45) is 5.01. The van der Waals surface area contributed by atoms with E-state index in [9.17, 15) is 9.18 Å². The largest absolute Gasteiger partial charge is 0.311 e. The fourth-order valence-corrected chi connectivity index (χ4v) is 3.78. The maximum Gasteiger partial charge on any atom is 0.253 e. The highest BCUT2D eigenvalue weighted by Gasteiger charge is 2.31. The van der Waals surface area contributed by atoms with Crippen LogP contribution in [0, 0.1) is 5.82 Å². The standard InChI is InChI=1S/C16H14FN5OS/c17-11-4-1-5-12(10-11)21-8-2-6-13(14(21)23)24-16-19-15-18-7-3-9-22(15)20-16/h1,3-5,7,9-10,13H,2,6,8H2/t13-/m1/s1. The van der Waals surface area contributed by atoms with Crippen molar-refractivity contribution in [2.45, 2.75) is 23.2 Å². The van der Waals surface area contributed by atoms with E-state index < -0.39 is 0 Å². The number of amides is 1. The van der Waals surface area contributed by atoms with E-state index in [1.54, 1.807) is 40.0 Å². The van der Waals surface area contributed by atoms with Gasteiger partial charge in [0, 0.05) is 24.6 Å². The van der Waals surface area contributed by atoms with Crippen molar-refractivity contribution >= 4 is 29.1 Å². The first-order valence-corrected chi connectivity index (χ1v) is 8.50. The second-order valence-electron chi connectivity index (χ2n) is 5.48. The van der Waals surface area contributed by atoms with Gasteiger partial charge in [0.15, 0.2) is 0 Å². The van der Waals surface area contributed by atoms with Crippen LogP contribution in [0.5, 0.6) is 0 Å². The fraction of sp³-hybridized carbons (Fsp3) is 0.250. The number of carbonyl (C=O) groups is 1. The number of aromatic nitrogens is 4. The molecule has 4 rings (SSSR count). The number of hydrogen-bond acceptors (Lipinski definition) is 5. The number of piperidine rings is 1. The molecular formula is C16H14FN5OS. The molecule has 1 saturated heterocycles. The molecule has 3 heterocycles. The van der Waals surface area contributed by atoms with Crippen LogP contribution in [0.1, 0.15) is 12.8 Å². The highest BCUT2D eigenvalue weighted by Crippen LogP contribution is 2.31. The zero-order valence-corrected chi connectivity index (χ0v) is 13.5. The molecule has 24 heavy (non-hydrogen) atoms. The van der Waals surface area contributed by atoms with Crippen molar-refractivity contribution in [2.75, 3.05) is 11.4 Å². The third-order valence-corrected chi connectivity index (χ3v) is 4.96. The number of benzene rings is 1. The Kier molecular flexibility index (Phi) is 3.89. The summed E-state index contributed by atoms with van der Waals surface area (Å²) in [5.74, 6) is 0.122. The average molecular weight is 343 g/mol. The number of thioether (sulfide) groups is 1. The zero-order chi connectivity index (χ0) is 16.5. The van der Waals surface area contributed by atoms with E-state index in [1.165, 1.54) is 23.9 Å². The third kappa shape index (κ3) is 2.84. The number of carbonyl (C=O) groups excluding carboxylic acids is 1. The monoisotopic (exact) mass is 343 g/mol. The van der Waals surface area contributed by atoms with Gasteiger partial charge >= 0.3 is 0 Å². The normalized spacial score (nSPS) is 18.3. The molecule has 6 nitrogen and oxygen atoms in total. The van der Waals surface area contributed by atoms with Gasteiger partial charge in [0.05, 0.1) is 5.25 Å². The Morgan fingerprint density at radius 2 is 2.21 bits per heavy atom. The second kappa shape index (κ2) is 6.20. The van der Waals surface area contributed by atoms with Gasteiger partial charge < -0.3 is 4.90 Å². The first kappa shape index (κ1) is 15.1. The van der Waals surface area contributed by atoms with Crippen molar-refractivity contribution in [3.63, 3.8) is 0 Å². The summed E-state index contributed by atoms with van der Waals surface area (Å²) in [6, 6.07) is 7.90. The van der Waals surface area contributed by atoms with Gasteiger partial charge in [0.1, 0.15) is 5.82 Å². The number of fused-ring (bicyclic) bond motifs is 1. The lowest BCUT2D eigenvalue weighted by atomic mass is 10.1. The van der Waals surface area contributed by atoms with Gasteiger partial charge in [-0.1, -0.05) is 17.8 Å². The van der Waals surface area contributed by atoms with Crippen LogP contribution in [0.2, 0.25) is 0 Å². The number of anilines is 1. The molecule has 122 valence electrons. The summed E-state index contributed by atoms with van der Waals surface area (Å²) in [4.78, 5) is 22.8. The Labute approximate surface area is 141 Å². The first-order valence-electron chi connectivity index (χ1n) is 7.62. The first-order chi connectivity index (χ1) is 11.7. The van der Waals surface area contributed by atoms with Gasteiger partial charge in [-0.15, -0.1) is 5.10 Å². The average Bonchev–Trinajstić information content (AvgIpc) is 2.99. The van der Waals surface area contributed by atoms with Crippen LogP contribution in [0.25, 0.3) is 5.78 Å². The fourth-order valence-electron chi connectivity index (χ4n) is 2.74. The van der Waals surface area contributed by atoms with Crippen molar-refractivity contribution in [1.29, 1.82) is 0 Å². The van der Waals surface area contributed by atoms with Gasteiger partial charge in [-0.3, -0.25) is 4.79 Å². The van der Waals surface area contributed by atoms with Crippen molar-refractivity contribution < 1.29 is 9.18 Å². The lowest BCUT2D eigenvalue weighted by Gasteiger charge is -2.31. The molecule has 0 saturated carbocycles. The highest BCUT2D eigenvalue weighted by molar-refractivity contribution is 8.00. The van der Waals surface area contributed by atoms with Crippen molar-refractivity contribution in [3.8, 4) is 0 Å². The Bertz CT molecular complexity index is 866. The molecule has 3 aromatic rings. The van der Waals surface area contributed by atoms with E-state index in [4.69, 9.17) is 0 Å². The van der Waals surface area contributed by atoms with Gasteiger partial charge in [0.2, 0.25) is 11.1 Å². The molecule has 0 unspecified atom stereocenters. The molecule has 0 N–H and O–H groups in total. The summed E-state index contributed by atoms with van der Waals surface area (Å²) in [7, 11) is 0. The zero-order valence-electron chi connectivity index (χ0n) is 12.7. The van der Waals surface area contributed by atoms with E-state index in [0.717, 1.165) is 12.8 Å². The minimum Gasteiger partial charge on any atom is -0.311 e. The van der Waals surface area contributed by atoms with Crippen LogP contribution in [0.4, 0.5) is 10.1 Å². The summed E-state index contributed by atoms with van der Waals surface area (Å²) < 4.78 is 15.0. The number of halogens is 1. The molecule has 1 amide bonds. The topological polar surface area (TPSA) is 63.4 Å². The Morgan fingerprint density at radius 3 is 3.04 bits per heavy atom. The molecule has 1 aliphatic rings. The lowest BCUT2D eigenvalue weighted by molar-refractivity contribution is -0.119. The van der Waals surface area contributed by atoms with Crippen LogP contribution in [0.15, 0.2) is 47.9 Å². The highest BCUT2D eigenvalue weighted by atomic mass is 32.2. The molecular weight excluding hydrogens is 329 g/mol. The smallest absolute Gasteiger partial charge is 0.253 e. The molecule has 1 atom stereocenters.